The molecule has 1 atom stereocenters. The minimum atomic E-state index is -0.646. The van der Waals surface area contributed by atoms with Crippen molar-refractivity contribution in [2.75, 3.05) is 11.9 Å². The molecule has 128 valence electrons. The van der Waals surface area contributed by atoms with Crippen LogP contribution >= 0.6 is 15.9 Å². The van der Waals surface area contributed by atoms with Gasteiger partial charge in [0.1, 0.15) is 5.76 Å². The van der Waals surface area contributed by atoms with E-state index in [2.05, 4.69) is 21.2 Å². The molecular weight excluding hydrogens is 390 g/mol. The molecule has 0 fully saturated rings. The van der Waals surface area contributed by atoms with Gasteiger partial charge in [0, 0.05) is 17.3 Å². The standard InChI is InChI=1S/C18H14BrNO5/c1-10-13-8-11(2-5-14(13)20-18(10)23)15(21)9-24-17(22)7-4-12-3-6-16(19)25-12/h2-8,10H,9H2,1H3,(H,20,23)/b7-4+/t10-/m1/s1. The van der Waals surface area contributed by atoms with Gasteiger partial charge in [0.05, 0.1) is 5.92 Å². The number of ether oxygens (including phenoxy) is 1. The number of benzene rings is 1. The van der Waals surface area contributed by atoms with Gasteiger partial charge in [-0.3, -0.25) is 9.59 Å². The van der Waals surface area contributed by atoms with E-state index in [1.807, 2.05) is 0 Å². The summed E-state index contributed by atoms with van der Waals surface area (Å²) in [6, 6.07) is 8.32. The van der Waals surface area contributed by atoms with Gasteiger partial charge >= 0.3 is 5.97 Å². The quantitative estimate of drug-likeness (QED) is 0.468. The first-order valence-corrected chi connectivity index (χ1v) is 8.31. The van der Waals surface area contributed by atoms with E-state index in [9.17, 15) is 14.4 Å². The molecule has 1 aliphatic heterocycles. The highest BCUT2D eigenvalue weighted by Gasteiger charge is 2.27. The molecule has 0 spiro atoms. The molecule has 2 heterocycles. The van der Waals surface area contributed by atoms with Crippen LogP contribution in [0.4, 0.5) is 5.69 Å². The number of nitrogens with one attached hydrogen (secondary N) is 1. The van der Waals surface area contributed by atoms with Crippen LogP contribution in [0.5, 0.6) is 0 Å². The molecule has 25 heavy (non-hydrogen) atoms. The van der Waals surface area contributed by atoms with Gasteiger partial charge in [-0.1, -0.05) is 0 Å². The molecule has 7 heteroatoms. The first-order chi connectivity index (χ1) is 11.9. The van der Waals surface area contributed by atoms with Gasteiger partial charge < -0.3 is 14.5 Å². The predicted molar refractivity (Wildman–Crippen MR) is 94.2 cm³/mol. The lowest BCUT2D eigenvalue weighted by Gasteiger charge is -2.05. The molecule has 0 saturated carbocycles. The lowest BCUT2D eigenvalue weighted by Crippen LogP contribution is -2.12. The largest absolute Gasteiger partial charge is 0.454 e. The Bertz CT molecular complexity index is 883. The van der Waals surface area contributed by atoms with Crippen LogP contribution in [0.25, 0.3) is 6.08 Å². The second kappa shape index (κ2) is 7.06. The molecule has 1 aliphatic rings. The summed E-state index contributed by atoms with van der Waals surface area (Å²) in [7, 11) is 0. The van der Waals surface area contributed by atoms with Crippen LogP contribution in [0.2, 0.25) is 0 Å². The third-order valence-electron chi connectivity index (χ3n) is 3.81. The maximum absolute atomic E-state index is 12.2. The number of ketones is 1. The third-order valence-corrected chi connectivity index (χ3v) is 4.24. The van der Waals surface area contributed by atoms with Crippen molar-refractivity contribution in [1.82, 2.24) is 0 Å². The molecule has 3 rings (SSSR count). The Labute approximate surface area is 152 Å². The van der Waals surface area contributed by atoms with Crippen molar-refractivity contribution in [3.63, 3.8) is 0 Å². The minimum Gasteiger partial charge on any atom is -0.454 e. The van der Waals surface area contributed by atoms with E-state index in [4.69, 9.17) is 9.15 Å². The maximum Gasteiger partial charge on any atom is 0.331 e. The van der Waals surface area contributed by atoms with E-state index >= 15 is 0 Å². The molecule has 2 aromatic rings. The van der Waals surface area contributed by atoms with Crippen molar-refractivity contribution in [3.8, 4) is 0 Å². The second-order valence-electron chi connectivity index (χ2n) is 5.52. The highest BCUT2D eigenvalue weighted by molar-refractivity contribution is 9.10. The number of anilines is 1. The normalized spacial score (nSPS) is 15.9. The molecule has 1 N–H and O–H groups in total. The number of Topliss-reactive ketones (excluding diaryl/α,β-unsaturated/α-hetero) is 1. The number of hydrogen-bond acceptors (Lipinski definition) is 5. The summed E-state index contributed by atoms with van der Waals surface area (Å²) in [5.41, 5.74) is 1.87. The van der Waals surface area contributed by atoms with Crippen molar-refractivity contribution < 1.29 is 23.5 Å². The summed E-state index contributed by atoms with van der Waals surface area (Å²) in [5, 5.41) is 2.74. The van der Waals surface area contributed by atoms with E-state index in [-0.39, 0.29) is 24.2 Å². The van der Waals surface area contributed by atoms with E-state index < -0.39 is 5.97 Å². The summed E-state index contributed by atoms with van der Waals surface area (Å²) in [4.78, 5) is 35.5. The summed E-state index contributed by atoms with van der Waals surface area (Å²) >= 11 is 3.16. The average Bonchev–Trinajstić information content (AvgIpc) is 3.14. The highest BCUT2D eigenvalue weighted by Crippen LogP contribution is 2.32. The monoisotopic (exact) mass is 403 g/mol. The zero-order valence-electron chi connectivity index (χ0n) is 13.2. The molecule has 0 unspecified atom stereocenters. The Morgan fingerprint density at radius 3 is 2.84 bits per heavy atom. The van der Waals surface area contributed by atoms with Gasteiger partial charge in [-0.15, -0.1) is 0 Å². The van der Waals surface area contributed by atoms with Crippen LogP contribution < -0.4 is 5.32 Å². The average molecular weight is 404 g/mol. The van der Waals surface area contributed by atoms with Crippen LogP contribution in [-0.4, -0.2) is 24.3 Å². The highest BCUT2D eigenvalue weighted by atomic mass is 79.9. The topological polar surface area (TPSA) is 85.6 Å². The number of carbonyl (C=O) groups is 3. The number of rotatable bonds is 5. The molecule has 1 aromatic heterocycles. The summed E-state index contributed by atoms with van der Waals surface area (Å²) < 4.78 is 10.7. The van der Waals surface area contributed by atoms with Crippen molar-refractivity contribution in [2.24, 2.45) is 0 Å². The molecule has 1 aromatic carbocycles. The fourth-order valence-corrected chi connectivity index (χ4v) is 2.75. The minimum absolute atomic E-state index is 0.0965. The second-order valence-corrected chi connectivity index (χ2v) is 6.30. The Balaban J connectivity index is 1.59. The number of furan rings is 1. The summed E-state index contributed by atoms with van der Waals surface area (Å²) in [5.74, 6) is -0.898. The van der Waals surface area contributed by atoms with Crippen molar-refractivity contribution in [2.45, 2.75) is 12.8 Å². The molecule has 6 nitrogen and oxygen atoms in total. The lowest BCUT2D eigenvalue weighted by molar-refractivity contribution is -0.136. The first kappa shape index (κ1) is 17.2. The zero-order valence-corrected chi connectivity index (χ0v) is 14.8. The van der Waals surface area contributed by atoms with Crippen LogP contribution in [0.1, 0.15) is 34.5 Å². The van der Waals surface area contributed by atoms with Crippen molar-refractivity contribution in [1.29, 1.82) is 0 Å². The van der Waals surface area contributed by atoms with Crippen LogP contribution in [-0.2, 0) is 14.3 Å². The molecule has 0 bridgehead atoms. The Morgan fingerprint density at radius 1 is 1.32 bits per heavy atom. The van der Waals surface area contributed by atoms with Crippen LogP contribution in [0.15, 0.2) is 45.5 Å². The fourth-order valence-electron chi connectivity index (χ4n) is 2.43. The van der Waals surface area contributed by atoms with E-state index in [1.165, 1.54) is 12.2 Å². The van der Waals surface area contributed by atoms with E-state index in [1.54, 1.807) is 37.3 Å². The number of hydrogen-bond donors (Lipinski definition) is 1. The first-order valence-electron chi connectivity index (χ1n) is 7.52. The zero-order chi connectivity index (χ0) is 18.0. The smallest absolute Gasteiger partial charge is 0.331 e. The van der Waals surface area contributed by atoms with Crippen molar-refractivity contribution in [3.05, 3.63) is 58.0 Å². The summed E-state index contributed by atoms with van der Waals surface area (Å²) in [6.07, 6.45) is 2.64. The SMILES string of the molecule is C[C@H]1C(=O)Nc2ccc(C(=O)COC(=O)/C=C/c3ccc(Br)o3)cc21. The van der Waals surface area contributed by atoms with E-state index in [0.29, 0.717) is 21.7 Å². The predicted octanol–water partition coefficient (Wildman–Crippen LogP) is 3.54. The van der Waals surface area contributed by atoms with Crippen LogP contribution in [0.3, 0.4) is 0 Å². The lowest BCUT2D eigenvalue weighted by atomic mass is 9.99. The van der Waals surface area contributed by atoms with Gasteiger partial charge in [-0.2, -0.15) is 0 Å². The molecule has 0 radical (unpaired) electrons. The number of esters is 1. The molecule has 0 saturated heterocycles. The number of carbonyl (C=O) groups excluding carboxylic acids is 3. The Hall–Kier alpha value is -2.67. The molecule has 1 amide bonds. The van der Waals surface area contributed by atoms with Gasteiger partial charge in [0.25, 0.3) is 0 Å². The Kier molecular flexibility index (Phi) is 4.85. The van der Waals surface area contributed by atoms with Crippen LogP contribution in [0, 0.1) is 0 Å². The maximum atomic E-state index is 12.2. The van der Waals surface area contributed by atoms with Gasteiger partial charge in [0.2, 0.25) is 5.91 Å². The van der Waals surface area contributed by atoms with Gasteiger partial charge in [-0.25, -0.2) is 4.79 Å². The van der Waals surface area contributed by atoms with E-state index in [0.717, 1.165) is 5.56 Å². The Morgan fingerprint density at radius 2 is 2.12 bits per heavy atom. The molecular formula is C18H14BrNO5. The summed E-state index contributed by atoms with van der Waals surface area (Å²) in [6.45, 7) is 1.40. The molecule has 0 aliphatic carbocycles. The van der Waals surface area contributed by atoms with Gasteiger partial charge in [0.15, 0.2) is 17.1 Å². The number of fused-ring (bicyclic) bond motifs is 1. The number of amides is 1. The fraction of sp³-hybridized carbons (Fsp3) is 0.167. The third kappa shape index (κ3) is 3.88. The number of halogens is 1. The van der Waals surface area contributed by atoms with Gasteiger partial charge in [-0.05, 0) is 64.8 Å². The van der Waals surface area contributed by atoms with Crippen molar-refractivity contribution >= 4 is 45.4 Å².